The fourth-order valence-electron chi connectivity index (χ4n) is 1.94. The summed E-state index contributed by atoms with van der Waals surface area (Å²) in [5.74, 6) is 0.0235. The minimum atomic E-state index is -0.469. The molecule has 0 aromatic heterocycles. The molecule has 2 amide bonds. The first-order valence-corrected chi connectivity index (χ1v) is 7.29. The molecule has 0 atom stereocenters. The minimum Gasteiger partial charge on any atom is -0.444 e. The van der Waals surface area contributed by atoms with E-state index in [0.29, 0.717) is 19.1 Å². The van der Waals surface area contributed by atoms with E-state index < -0.39 is 5.60 Å². The summed E-state index contributed by atoms with van der Waals surface area (Å²) in [5, 5.41) is 8.81. The lowest BCUT2D eigenvalue weighted by Crippen LogP contribution is -2.54. The maximum absolute atomic E-state index is 11.5. The zero-order chi connectivity index (χ0) is 15.2. The van der Waals surface area contributed by atoms with Crippen molar-refractivity contribution in [1.82, 2.24) is 16.0 Å². The summed E-state index contributed by atoms with van der Waals surface area (Å²) in [7, 11) is 0. The zero-order valence-electron chi connectivity index (χ0n) is 12.9. The SMILES string of the molecule is CCCNC(=O)CNC1CC(NC(=O)OC(C)(C)C)C1. The van der Waals surface area contributed by atoms with Gasteiger partial charge in [0.2, 0.25) is 5.91 Å². The van der Waals surface area contributed by atoms with Gasteiger partial charge in [0.15, 0.2) is 0 Å². The van der Waals surface area contributed by atoms with Crippen LogP contribution in [0.15, 0.2) is 0 Å². The Morgan fingerprint density at radius 2 is 1.85 bits per heavy atom. The predicted octanol–water partition coefficient (Wildman–Crippen LogP) is 1.16. The topological polar surface area (TPSA) is 79.5 Å². The van der Waals surface area contributed by atoms with E-state index >= 15 is 0 Å². The van der Waals surface area contributed by atoms with Crippen LogP contribution >= 0.6 is 0 Å². The van der Waals surface area contributed by atoms with Gasteiger partial charge < -0.3 is 20.7 Å². The normalized spacial score (nSPS) is 21.8. The van der Waals surface area contributed by atoms with Crippen molar-refractivity contribution in [2.75, 3.05) is 13.1 Å². The van der Waals surface area contributed by atoms with Gasteiger partial charge in [-0.25, -0.2) is 4.79 Å². The Morgan fingerprint density at radius 1 is 1.20 bits per heavy atom. The molecule has 0 aromatic rings. The minimum absolute atomic E-state index is 0.0235. The largest absolute Gasteiger partial charge is 0.444 e. The van der Waals surface area contributed by atoms with Crippen molar-refractivity contribution in [2.45, 2.75) is 64.6 Å². The maximum Gasteiger partial charge on any atom is 0.407 e. The van der Waals surface area contributed by atoms with Crippen LogP contribution < -0.4 is 16.0 Å². The Hall–Kier alpha value is -1.30. The molecule has 0 spiro atoms. The fourth-order valence-corrected chi connectivity index (χ4v) is 1.94. The van der Waals surface area contributed by atoms with Crippen LogP contribution in [0.5, 0.6) is 0 Å². The van der Waals surface area contributed by atoms with Gasteiger partial charge >= 0.3 is 6.09 Å². The molecule has 6 nitrogen and oxygen atoms in total. The second kappa shape index (κ2) is 7.47. The van der Waals surface area contributed by atoms with Crippen molar-refractivity contribution in [1.29, 1.82) is 0 Å². The summed E-state index contributed by atoms with van der Waals surface area (Å²) < 4.78 is 5.19. The molecule has 1 fully saturated rings. The summed E-state index contributed by atoms with van der Waals surface area (Å²) in [6.45, 7) is 8.59. The van der Waals surface area contributed by atoms with E-state index in [4.69, 9.17) is 4.74 Å². The molecule has 20 heavy (non-hydrogen) atoms. The van der Waals surface area contributed by atoms with E-state index in [2.05, 4.69) is 16.0 Å². The number of carbonyl (C=O) groups is 2. The van der Waals surface area contributed by atoms with E-state index in [9.17, 15) is 9.59 Å². The molecule has 0 saturated heterocycles. The van der Waals surface area contributed by atoms with E-state index in [1.165, 1.54) is 0 Å². The van der Waals surface area contributed by atoms with Gasteiger partial charge in [0, 0.05) is 18.6 Å². The quantitative estimate of drug-likeness (QED) is 0.684. The summed E-state index contributed by atoms with van der Waals surface area (Å²) in [6.07, 6.45) is 2.24. The molecule has 0 aromatic carbocycles. The maximum atomic E-state index is 11.5. The summed E-state index contributed by atoms with van der Waals surface area (Å²) >= 11 is 0. The Bertz CT molecular complexity index is 333. The number of alkyl carbamates (subject to hydrolysis) is 1. The van der Waals surface area contributed by atoms with Crippen molar-refractivity contribution >= 4 is 12.0 Å². The average Bonchev–Trinajstić information content (AvgIpc) is 2.26. The van der Waals surface area contributed by atoms with Gasteiger partial charge in [-0.3, -0.25) is 4.79 Å². The predicted molar refractivity (Wildman–Crippen MR) is 77.5 cm³/mol. The second-order valence-corrected chi connectivity index (χ2v) is 6.24. The third kappa shape index (κ3) is 6.75. The monoisotopic (exact) mass is 285 g/mol. The van der Waals surface area contributed by atoms with Crippen LogP contribution in [0.3, 0.4) is 0 Å². The van der Waals surface area contributed by atoms with E-state index in [1.54, 1.807) is 0 Å². The summed E-state index contributed by atoms with van der Waals surface area (Å²) in [6, 6.07) is 0.434. The number of carbonyl (C=O) groups excluding carboxylic acids is 2. The summed E-state index contributed by atoms with van der Waals surface area (Å²) in [4.78, 5) is 22.9. The standard InChI is InChI=1S/C14H27N3O3/c1-5-6-15-12(18)9-16-10-7-11(8-10)17-13(19)20-14(2,3)4/h10-11,16H,5-9H2,1-4H3,(H,15,18)(H,17,19). The lowest BCUT2D eigenvalue weighted by Gasteiger charge is -2.36. The van der Waals surface area contributed by atoms with E-state index in [0.717, 1.165) is 19.3 Å². The molecule has 1 aliphatic carbocycles. The van der Waals surface area contributed by atoms with Gasteiger partial charge in [-0.15, -0.1) is 0 Å². The number of rotatable bonds is 6. The Labute approximate surface area is 121 Å². The van der Waals surface area contributed by atoms with Crippen LogP contribution in [0.2, 0.25) is 0 Å². The third-order valence-electron chi connectivity index (χ3n) is 2.98. The lowest BCUT2D eigenvalue weighted by atomic mass is 9.87. The van der Waals surface area contributed by atoms with Gasteiger partial charge in [-0.1, -0.05) is 6.92 Å². The van der Waals surface area contributed by atoms with Crippen molar-refractivity contribution in [2.24, 2.45) is 0 Å². The highest BCUT2D eigenvalue weighted by atomic mass is 16.6. The van der Waals surface area contributed by atoms with Crippen molar-refractivity contribution in [3.05, 3.63) is 0 Å². The van der Waals surface area contributed by atoms with Gasteiger partial charge in [0.25, 0.3) is 0 Å². The van der Waals surface area contributed by atoms with Crippen molar-refractivity contribution in [3.8, 4) is 0 Å². The molecule has 3 N–H and O–H groups in total. The molecule has 0 heterocycles. The first kappa shape index (κ1) is 16.8. The summed E-state index contributed by atoms with van der Waals surface area (Å²) in [5.41, 5.74) is -0.469. The van der Waals surface area contributed by atoms with Gasteiger partial charge in [0.1, 0.15) is 5.60 Å². The number of amides is 2. The van der Waals surface area contributed by atoms with Gasteiger partial charge in [-0.2, -0.15) is 0 Å². The fraction of sp³-hybridized carbons (Fsp3) is 0.857. The number of hydrogen-bond acceptors (Lipinski definition) is 4. The zero-order valence-corrected chi connectivity index (χ0v) is 12.9. The van der Waals surface area contributed by atoms with Crippen molar-refractivity contribution in [3.63, 3.8) is 0 Å². The molecule has 1 rings (SSSR count). The average molecular weight is 285 g/mol. The van der Waals surface area contributed by atoms with Gasteiger partial charge in [-0.05, 0) is 40.0 Å². The van der Waals surface area contributed by atoms with Crippen LogP contribution in [0.1, 0.15) is 47.0 Å². The Balaban J connectivity index is 2.08. The number of ether oxygens (including phenoxy) is 1. The highest BCUT2D eigenvalue weighted by molar-refractivity contribution is 5.78. The first-order chi connectivity index (χ1) is 9.30. The molecule has 0 bridgehead atoms. The third-order valence-corrected chi connectivity index (χ3v) is 2.98. The smallest absolute Gasteiger partial charge is 0.407 e. The Morgan fingerprint density at radius 3 is 2.40 bits per heavy atom. The van der Waals surface area contributed by atoms with Crippen LogP contribution in [0, 0.1) is 0 Å². The molecule has 1 saturated carbocycles. The van der Waals surface area contributed by atoms with Crippen molar-refractivity contribution < 1.29 is 14.3 Å². The Kier molecular flexibility index (Phi) is 6.26. The van der Waals surface area contributed by atoms with Crippen LogP contribution in [0.25, 0.3) is 0 Å². The number of nitrogens with one attached hydrogen (secondary N) is 3. The molecule has 0 unspecified atom stereocenters. The highest BCUT2D eigenvalue weighted by Gasteiger charge is 2.31. The molecule has 6 heteroatoms. The van der Waals surface area contributed by atoms with Crippen LogP contribution in [-0.4, -0.2) is 42.8 Å². The molecule has 0 radical (unpaired) electrons. The second-order valence-electron chi connectivity index (χ2n) is 6.24. The highest BCUT2D eigenvalue weighted by Crippen LogP contribution is 2.20. The van der Waals surface area contributed by atoms with Gasteiger partial charge in [0.05, 0.1) is 6.54 Å². The number of hydrogen-bond donors (Lipinski definition) is 3. The lowest BCUT2D eigenvalue weighted by molar-refractivity contribution is -0.120. The molecular formula is C14H27N3O3. The first-order valence-electron chi connectivity index (χ1n) is 7.29. The molecule has 1 aliphatic rings. The molecular weight excluding hydrogens is 258 g/mol. The molecule has 0 aliphatic heterocycles. The van der Waals surface area contributed by atoms with E-state index in [1.807, 2.05) is 27.7 Å². The van der Waals surface area contributed by atoms with E-state index in [-0.39, 0.29) is 18.0 Å². The van der Waals surface area contributed by atoms with Crippen LogP contribution in [0.4, 0.5) is 4.79 Å². The van der Waals surface area contributed by atoms with Crippen LogP contribution in [-0.2, 0) is 9.53 Å². The molecule has 116 valence electrons.